The molecule has 2 heterocycles. The van der Waals surface area contributed by atoms with Crippen molar-refractivity contribution in [3.8, 4) is 0 Å². The van der Waals surface area contributed by atoms with Crippen LogP contribution in [-0.4, -0.2) is 36.6 Å². The second-order valence-corrected chi connectivity index (χ2v) is 6.79. The van der Waals surface area contributed by atoms with Crippen LogP contribution in [0.5, 0.6) is 0 Å². The van der Waals surface area contributed by atoms with Gasteiger partial charge in [-0.3, -0.25) is 4.90 Å². The summed E-state index contributed by atoms with van der Waals surface area (Å²) in [5, 5.41) is 7.43. The molecule has 3 rings (SSSR count). The van der Waals surface area contributed by atoms with E-state index < -0.39 is 0 Å². The van der Waals surface area contributed by atoms with E-state index in [1.165, 1.54) is 5.56 Å². The molecule has 0 bridgehead atoms. The zero-order valence-corrected chi connectivity index (χ0v) is 16.6. The van der Waals surface area contributed by atoms with Crippen molar-refractivity contribution in [1.82, 2.24) is 15.2 Å². The highest BCUT2D eigenvalue weighted by Gasteiger charge is 2.24. The van der Waals surface area contributed by atoms with Gasteiger partial charge in [0.05, 0.1) is 12.3 Å². The molecule has 1 aromatic carbocycles. The fourth-order valence-corrected chi connectivity index (χ4v) is 3.75. The number of nitrogens with zero attached hydrogens (tertiary/aromatic N) is 2. The Morgan fingerprint density at radius 1 is 1.42 bits per heavy atom. The molecular weight excluding hydrogens is 389 g/mol. The average molecular weight is 411 g/mol. The summed E-state index contributed by atoms with van der Waals surface area (Å²) in [6.07, 6.45) is 0. The molecule has 1 aromatic heterocycles. The van der Waals surface area contributed by atoms with Crippen LogP contribution in [0.2, 0.25) is 5.02 Å². The molecule has 24 heavy (non-hydrogen) atoms. The van der Waals surface area contributed by atoms with Gasteiger partial charge in [0, 0.05) is 49.7 Å². The molecule has 1 fully saturated rings. The predicted octanol–water partition coefficient (Wildman–Crippen LogP) is 3.93. The van der Waals surface area contributed by atoms with E-state index in [4.69, 9.17) is 16.3 Å². The van der Waals surface area contributed by atoms with Crippen molar-refractivity contribution >= 4 is 47.8 Å². The van der Waals surface area contributed by atoms with E-state index in [2.05, 4.69) is 32.7 Å². The lowest BCUT2D eigenvalue weighted by molar-refractivity contribution is 0.151. The third kappa shape index (κ3) is 5.56. The van der Waals surface area contributed by atoms with Crippen molar-refractivity contribution in [2.24, 2.45) is 0 Å². The number of aromatic nitrogens is 1. The minimum absolute atomic E-state index is 0. The molecule has 8 heteroatoms. The van der Waals surface area contributed by atoms with Crippen LogP contribution in [0.25, 0.3) is 0 Å². The standard InChI is InChI=1S/C16H20ClN3OS.2ClH/c1-21-10-16-19-14(11-22-16)9-20-6-5-18-8-15(20)12-3-2-4-13(17)7-12;;/h2-4,7,11,15,18H,5-6,8-10H2,1H3;2*1H. The van der Waals surface area contributed by atoms with Gasteiger partial charge in [-0.2, -0.15) is 0 Å². The highest BCUT2D eigenvalue weighted by molar-refractivity contribution is 7.09. The number of benzene rings is 1. The molecule has 1 unspecified atom stereocenters. The normalized spacial score (nSPS) is 17.8. The lowest BCUT2D eigenvalue weighted by Crippen LogP contribution is -2.45. The number of nitrogens with one attached hydrogen (secondary N) is 1. The Labute approximate surface area is 164 Å². The van der Waals surface area contributed by atoms with E-state index in [-0.39, 0.29) is 24.8 Å². The van der Waals surface area contributed by atoms with Gasteiger partial charge in [0.1, 0.15) is 5.01 Å². The topological polar surface area (TPSA) is 37.4 Å². The van der Waals surface area contributed by atoms with Crippen molar-refractivity contribution in [2.45, 2.75) is 19.2 Å². The molecule has 1 N–H and O–H groups in total. The number of ether oxygens (including phenoxy) is 1. The van der Waals surface area contributed by atoms with Crippen molar-refractivity contribution in [2.75, 3.05) is 26.7 Å². The number of hydrogen-bond donors (Lipinski definition) is 1. The Hall–Kier alpha value is -0.400. The van der Waals surface area contributed by atoms with E-state index >= 15 is 0 Å². The van der Waals surface area contributed by atoms with Crippen LogP contribution in [-0.2, 0) is 17.9 Å². The summed E-state index contributed by atoms with van der Waals surface area (Å²) >= 11 is 7.81. The molecule has 0 aliphatic carbocycles. The summed E-state index contributed by atoms with van der Waals surface area (Å²) in [7, 11) is 1.70. The van der Waals surface area contributed by atoms with Gasteiger partial charge in [0.15, 0.2) is 0 Å². The van der Waals surface area contributed by atoms with Crippen LogP contribution < -0.4 is 5.32 Å². The molecule has 134 valence electrons. The zero-order chi connectivity index (χ0) is 15.4. The van der Waals surface area contributed by atoms with E-state index in [0.717, 1.165) is 41.9 Å². The van der Waals surface area contributed by atoms with Crippen molar-refractivity contribution in [3.05, 3.63) is 50.9 Å². The van der Waals surface area contributed by atoms with Gasteiger partial charge in [-0.05, 0) is 17.7 Å². The summed E-state index contributed by atoms with van der Waals surface area (Å²) < 4.78 is 5.14. The lowest BCUT2D eigenvalue weighted by atomic mass is 10.0. The Morgan fingerprint density at radius 3 is 3.00 bits per heavy atom. The summed E-state index contributed by atoms with van der Waals surface area (Å²) in [6.45, 7) is 4.40. The van der Waals surface area contributed by atoms with E-state index in [9.17, 15) is 0 Å². The van der Waals surface area contributed by atoms with Crippen molar-refractivity contribution in [1.29, 1.82) is 0 Å². The average Bonchev–Trinajstić information content (AvgIpc) is 2.95. The minimum atomic E-state index is 0. The molecule has 1 saturated heterocycles. The highest BCUT2D eigenvalue weighted by Crippen LogP contribution is 2.26. The number of halogens is 3. The Balaban J connectivity index is 0.00000144. The third-order valence-electron chi connectivity index (χ3n) is 3.82. The molecule has 2 aromatic rings. The van der Waals surface area contributed by atoms with Crippen LogP contribution in [0.1, 0.15) is 22.3 Å². The Bertz CT molecular complexity index is 626. The second-order valence-electron chi connectivity index (χ2n) is 5.41. The summed E-state index contributed by atoms with van der Waals surface area (Å²) in [5.41, 5.74) is 2.37. The van der Waals surface area contributed by atoms with Gasteiger partial charge in [-0.25, -0.2) is 4.98 Å². The Kier molecular flexibility index (Phi) is 9.52. The largest absolute Gasteiger partial charge is 0.378 e. The molecule has 0 amide bonds. The zero-order valence-electron chi connectivity index (χ0n) is 13.4. The minimum Gasteiger partial charge on any atom is -0.378 e. The molecule has 0 spiro atoms. The number of methoxy groups -OCH3 is 1. The van der Waals surface area contributed by atoms with Gasteiger partial charge < -0.3 is 10.1 Å². The van der Waals surface area contributed by atoms with Crippen LogP contribution in [0, 0.1) is 0 Å². The highest BCUT2D eigenvalue weighted by atomic mass is 35.5. The lowest BCUT2D eigenvalue weighted by Gasteiger charge is -2.36. The molecule has 1 aliphatic rings. The summed E-state index contributed by atoms with van der Waals surface area (Å²) in [4.78, 5) is 7.11. The first-order valence-electron chi connectivity index (χ1n) is 7.38. The summed E-state index contributed by atoms with van der Waals surface area (Å²) in [6, 6.07) is 8.48. The van der Waals surface area contributed by atoms with Gasteiger partial charge in [-0.15, -0.1) is 36.2 Å². The summed E-state index contributed by atoms with van der Waals surface area (Å²) in [5.74, 6) is 0. The van der Waals surface area contributed by atoms with Gasteiger partial charge in [0.25, 0.3) is 0 Å². The number of hydrogen-bond acceptors (Lipinski definition) is 5. The van der Waals surface area contributed by atoms with Gasteiger partial charge in [-0.1, -0.05) is 23.7 Å². The maximum atomic E-state index is 6.15. The Morgan fingerprint density at radius 2 is 2.25 bits per heavy atom. The SMILES string of the molecule is COCc1nc(CN2CCNCC2c2cccc(Cl)c2)cs1.Cl.Cl. The predicted molar refractivity (Wildman–Crippen MR) is 105 cm³/mol. The van der Waals surface area contributed by atoms with E-state index in [0.29, 0.717) is 12.6 Å². The third-order valence-corrected chi connectivity index (χ3v) is 4.93. The number of piperazine rings is 1. The maximum absolute atomic E-state index is 6.15. The van der Waals surface area contributed by atoms with Crippen molar-refractivity contribution in [3.63, 3.8) is 0 Å². The molecule has 4 nitrogen and oxygen atoms in total. The monoisotopic (exact) mass is 409 g/mol. The second kappa shape index (κ2) is 10.6. The van der Waals surface area contributed by atoms with Crippen molar-refractivity contribution < 1.29 is 4.74 Å². The number of thiazole rings is 1. The maximum Gasteiger partial charge on any atom is 0.119 e. The molecule has 1 aliphatic heterocycles. The van der Waals surface area contributed by atoms with Crippen LogP contribution in [0.3, 0.4) is 0 Å². The first-order valence-corrected chi connectivity index (χ1v) is 8.64. The fraction of sp³-hybridized carbons (Fsp3) is 0.438. The van der Waals surface area contributed by atoms with Gasteiger partial charge in [0.2, 0.25) is 0 Å². The van der Waals surface area contributed by atoms with E-state index in [1.54, 1.807) is 18.4 Å². The van der Waals surface area contributed by atoms with Crippen LogP contribution in [0.4, 0.5) is 0 Å². The van der Waals surface area contributed by atoms with E-state index in [1.807, 2.05) is 12.1 Å². The molecule has 1 atom stereocenters. The fourth-order valence-electron chi connectivity index (χ4n) is 2.80. The smallest absolute Gasteiger partial charge is 0.119 e. The first-order chi connectivity index (χ1) is 10.8. The quantitative estimate of drug-likeness (QED) is 0.810. The first kappa shape index (κ1) is 21.6. The molecular formula is C16H22Cl3N3OS. The van der Waals surface area contributed by atoms with Crippen LogP contribution in [0.15, 0.2) is 29.6 Å². The number of rotatable bonds is 5. The van der Waals surface area contributed by atoms with Crippen LogP contribution >= 0.6 is 47.8 Å². The van der Waals surface area contributed by atoms with Gasteiger partial charge >= 0.3 is 0 Å². The molecule has 0 saturated carbocycles. The molecule has 0 radical (unpaired) electrons.